The minimum Gasteiger partial charge on any atom is -0.249 e. The Morgan fingerprint density at radius 3 is 2.64 bits per heavy atom. The first-order chi connectivity index (χ1) is 5.18. The predicted molar refractivity (Wildman–Crippen MR) is 41.4 cm³/mol. The second kappa shape index (κ2) is 1.84. The molecule has 2 rings (SSSR count). The van der Waals surface area contributed by atoms with Gasteiger partial charge in [-0.3, -0.25) is 0 Å². The fourth-order valence-corrected chi connectivity index (χ4v) is 1.27. The summed E-state index contributed by atoms with van der Waals surface area (Å²) < 4.78 is 3.67. The van der Waals surface area contributed by atoms with Crippen molar-refractivity contribution in [1.82, 2.24) is 19.4 Å². The smallest absolute Gasteiger partial charge is 0.154 e. The Morgan fingerprint density at radius 1 is 1.27 bits per heavy atom. The summed E-state index contributed by atoms with van der Waals surface area (Å²) in [5, 5.41) is 8.48. The third-order valence-corrected chi connectivity index (χ3v) is 1.75. The molecule has 11 heavy (non-hydrogen) atoms. The van der Waals surface area contributed by atoms with Crippen molar-refractivity contribution in [3.63, 3.8) is 0 Å². The van der Waals surface area contributed by atoms with Crippen LogP contribution < -0.4 is 0 Å². The fourth-order valence-electron chi connectivity index (χ4n) is 1.27. The molecular formula is C7H10N4. The van der Waals surface area contributed by atoms with Crippen molar-refractivity contribution in [2.24, 2.45) is 7.05 Å². The molecule has 4 heteroatoms. The van der Waals surface area contributed by atoms with Crippen LogP contribution in [0.1, 0.15) is 11.5 Å². The molecule has 0 fully saturated rings. The maximum Gasteiger partial charge on any atom is 0.154 e. The summed E-state index contributed by atoms with van der Waals surface area (Å²) in [6.07, 6.45) is 0. The third kappa shape index (κ3) is 0.753. The molecule has 0 aliphatic carbocycles. The van der Waals surface area contributed by atoms with Gasteiger partial charge in [0, 0.05) is 13.1 Å². The van der Waals surface area contributed by atoms with E-state index in [1.165, 1.54) is 0 Å². The van der Waals surface area contributed by atoms with Gasteiger partial charge in [0.05, 0.1) is 5.69 Å². The number of hydrogen-bond donors (Lipinski definition) is 0. The molecule has 0 N–H and O–H groups in total. The summed E-state index contributed by atoms with van der Waals surface area (Å²) in [7, 11) is 1.92. The number of rotatable bonds is 0. The Balaban J connectivity index is 2.92. The minimum absolute atomic E-state index is 0.926. The van der Waals surface area contributed by atoms with E-state index in [-0.39, 0.29) is 0 Å². The van der Waals surface area contributed by atoms with Gasteiger partial charge in [-0.2, -0.15) is 14.7 Å². The van der Waals surface area contributed by atoms with E-state index < -0.39 is 0 Å². The lowest BCUT2D eigenvalue weighted by Crippen LogP contribution is -1.89. The number of aryl methyl sites for hydroxylation is 3. The summed E-state index contributed by atoms with van der Waals surface area (Å²) in [5.41, 5.74) is 2.07. The zero-order valence-corrected chi connectivity index (χ0v) is 6.87. The zero-order valence-electron chi connectivity index (χ0n) is 6.87. The Kier molecular flexibility index (Phi) is 1.07. The van der Waals surface area contributed by atoms with Crippen LogP contribution >= 0.6 is 0 Å². The first kappa shape index (κ1) is 6.39. The lowest BCUT2D eigenvalue weighted by atomic mass is 10.5. The molecule has 2 aromatic rings. The molecule has 0 aliphatic rings. The normalized spacial score (nSPS) is 11.2. The SMILES string of the molecule is Cc1cc2n(C)nc(C)n2n1. The molecule has 0 radical (unpaired) electrons. The van der Waals surface area contributed by atoms with E-state index in [9.17, 15) is 0 Å². The van der Waals surface area contributed by atoms with Crippen molar-refractivity contribution in [3.8, 4) is 0 Å². The molecule has 58 valence electrons. The molecular weight excluding hydrogens is 140 g/mol. The van der Waals surface area contributed by atoms with E-state index >= 15 is 0 Å². The van der Waals surface area contributed by atoms with Crippen LogP contribution in [-0.4, -0.2) is 19.4 Å². The molecule has 0 saturated carbocycles. The number of hydrogen-bond acceptors (Lipinski definition) is 2. The van der Waals surface area contributed by atoms with Crippen molar-refractivity contribution in [1.29, 1.82) is 0 Å². The predicted octanol–water partition coefficient (Wildman–Crippen LogP) is 0.685. The van der Waals surface area contributed by atoms with Gasteiger partial charge in [-0.15, -0.1) is 0 Å². The monoisotopic (exact) mass is 150 g/mol. The third-order valence-electron chi connectivity index (χ3n) is 1.75. The molecule has 0 unspecified atom stereocenters. The van der Waals surface area contributed by atoms with Crippen molar-refractivity contribution < 1.29 is 0 Å². The Hall–Kier alpha value is -1.32. The van der Waals surface area contributed by atoms with E-state index in [4.69, 9.17) is 0 Å². The van der Waals surface area contributed by atoms with E-state index in [0.29, 0.717) is 0 Å². The van der Waals surface area contributed by atoms with Crippen LogP contribution in [-0.2, 0) is 7.05 Å². The van der Waals surface area contributed by atoms with Crippen molar-refractivity contribution in [2.75, 3.05) is 0 Å². The van der Waals surface area contributed by atoms with Gasteiger partial charge >= 0.3 is 0 Å². The van der Waals surface area contributed by atoms with Gasteiger partial charge in [0.2, 0.25) is 0 Å². The molecule has 0 aromatic carbocycles. The minimum atomic E-state index is 0.926. The largest absolute Gasteiger partial charge is 0.249 e. The quantitative estimate of drug-likeness (QED) is 0.553. The van der Waals surface area contributed by atoms with Crippen LogP contribution in [0.5, 0.6) is 0 Å². The topological polar surface area (TPSA) is 35.1 Å². The van der Waals surface area contributed by atoms with Crippen LogP contribution in [0.2, 0.25) is 0 Å². The number of fused-ring (bicyclic) bond motifs is 1. The number of aromatic nitrogens is 4. The highest BCUT2D eigenvalue weighted by Gasteiger charge is 2.04. The summed E-state index contributed by atoms with van der Waals surface area (Å²) in [5.74, 6) is 0.926. The van der Waals surface area contributed by atoms with Gasteiger partial charge in [0.15, 0.2) is 5.65 Å². The lowest BCUT2D eigenvalue weighted by molar-refractivity contribution is 0.779. The van der Waals surface area contributed by atoms with E-state index in [0.717, 1.165) is 17.2 Å². The standard InChI is InChI=1S/C7H10N4/c1-5-4-7-10(3)9-6(2)11(7)8-5/h4H,1-3H3. The van der Waals surface area contributed by atoms with E-state index in [2.05, 4.69) is 10.2 Å². The van der Waals surface area contributed by atoms with Crippen molar-refractivity contribution >= 4 is 5.65 Å². The van der Waals surface area contributed by atoms with Gasteiger partial charge < -0.3 is 0 Å². The molecule has 0 aliphatic heterocycles. The Labute approximate surface area is 64.4 Å². The second-order valence-electron chi connectivity index (χ2n) is 2.73. The average molecular weight is 150 g/mol. The fraction of sp³-hybridized carbons (Fsp3) is 0.429. The van der Waals surface area contributed by atoms with Gasteiger partial charge in [-0.1, -0.05) is 0 Å². The average Bonchev–Trinajstić information content (AvgIpc) is 2.38. The molecule has 0 saturated heterocycles. The van der Waals surface area contributed by atoms with Crippen molar-refractivity contribution in [2.45, 2.75) is 13.8 Å². The molecule has 0 spiro atoms. The van der Waals surface area contributed by atoms with Crippen LogP contribution in [0.15, 0.2) is 6.07 Å². The molecule has 4 nitrogen and oxygen atoms in total. The summed E-state index contributed by atoms with van der Waals surface area (Å²) in [6, 6.07) is 2.01. The second-order valence-corrected chi connectivity index (χ2v) is 2.73. The van der Waals surface area contributed by atoms with Gasteiger partial charge in [-0.25, -0.2) is 4.68 Å². The van der Waals surface area contributed by atoms with E-state index in [1.54, 1.807) is 0 Å². The summed E-state index contributed by atoms with van der Waals surface area (Å²) >= 11 is 0. The highest BCUT2D eigenvalue weighted by molar-refractivity contribution is 5.39. The zero-order chi connectivity index (χ0) is 8.01. The molecule has 0 amide bonds. The van der Waals surface area contributed by atoms with Gasteiger partial charge in [0.25, 0.3) is 0 Å². The maximum atomic E-state index is 4.27. The first-order valence-corrected chi connectivity index (χ1v) is 3.54. The highest BCUT2D eigenvalue weighted by Crippen LogP contribution is 2.05. The van der Waals surface area contributed by atoms with Gasteiger partial charge in [0.1, 0.15) is 5.82 Å². The summed E-state index contributed by atoms with van der Waals surface area (Å²) in [6.45, 7) is 3.92. The first-order valence-electron chi connectivity index (χ1n) is 3.54. The summed E-state index contributed by atoms with van der Waals surface area (Å²) in [4.78, 5) is 0. The van der Waals surface area contributed by atoms with Crippen LogP contribution in [0.3, 0.4) is 0 Å². The Morgan fingerprint density at radius 2 is 2.00 bits per heavy atom. The maximum absolute atomic E-state index is 4.27. The number of nitrogens with zero attached hydrogens (tertiary/aromatic N) is 4. The molecule has 0 bridgehead atoms. The molecule has 2 heterocycles. The van der Waals surface area contributed by atoms with Gasteiger partial charge in [-0.05, 0) is 13.8 Å². The van der Waals surface area contributed by atoms with Crippen LogP contribution in [0, 0.1) is 13.8 Å². The van der Waals surface area contributed by atoms with E-state index in [1.807, 2.05) is 36.2 Å². The Bertz CT molecular complexity index is 361. The van der Waals surface area contributed by atoms with Crippen molar-refractivity contribution in [3.05, 3.63) is 17.6 Å². The lowest BCUT2D eigenvalue weighted by Gasteiger charge is -1.83. The highest BCUT2D eigenvalue weighted by atomic mass is 15.4. The molecule has 2 aromatic heterocycles. The van der Waals surface area contributed by atoms with Crippen LogP contribution in [0.25, 0.3) is 5.65 Å². The molecule has 0 atom stereocenters. The van der Waals surface area contributed by atoms with Crippen LogP contribution in [0.4, 0.5) is 0 Å².